The number of benzene rings is 1. The van der Waals surface area contributed by atoms with Crippen LogP contribution in [-0.4, -0.2) is 25.8 Å². The highest BCUT2D eigenvalue weighted by Crippen LogP contribution is 2.40. The molecule has 2 nitrogen and oxygen atoms in total. The summed E-state index contributed by atoms with van der Waals surface area (Å²) in [6, 6.07) is 8.88. The highest BCUT2D eigenvalue weighted by atomic mass is 35.5. The summed E-state index contributed by atoms with van der Waals surface area (Å²) in [6.07, 6.45) is 2.42. The molecule has 3 rings (SSSR count). The first-order chi connectivity index (χ1) is 8.66. The Morgan fingerprint density at radius 2 is 2.06 bits per heavy atom. The van der Waals surface area contributed by atoms with Crippen molar-refractivity contribution in [2.75, 3.05) is 19.8 Å². The quantitative estimate of drug-likeness (QED) is 0.903. The van der Waals surface area contributed by atoms with E-state index in [-0.39, 0.29) is 0 Å². The Bertz CT molecular complexity index is 424. The monoisotopic (exact) mass is 265 g/mol. The zero-order valence-electron chi connectivity index (χ0n) is 10.8. The highest BCUT2D eigenvalue weighted by Gasteiger charge is 2.36. The van der Waals surface area contributed by atoms with Crippen LogP contribution in [0.1, 0.15) is 31.2 Å². The van der Waals surface area contributed by atoms with Crippen LogP contribution in [0.25, 0.3) is 0 Å². The summed E-state index contributed by atoms with van der Waals surface area (Å²) < 4.78 is 5.27. The predicted molar refractivity (Wildman–Crippen MR) is 74.1 cm³/mol. The normalized spacial score (nSPS) is 29.4. The van der Waals surface area contributed by atoms with Crippen molar-refractivity contribution in [3.8, 4) is 0 Å². The Kier molecular flexibility index (Phi) is 3.35. The van der Waals surface area contributed by atoms with E-state index in [0.717, 1.165) is 24.8 Å². The fourth-order valence-corrected chi connectivity index (χ4v) is 3.08. The summed E-state index contributed by atoms with van der Waals surface area (Å²) in [5, 5.41) is 4.57. The molecule has 1 N–H and O–H groups in total. The van der Waals surface area contributed by atoms with Crippen molar-refractivity contribution in [2.45, 2.75) is 31.7 Å². The number of ether oxygens (including phenoxy) is 1. The first-order valence-electron chi connectivity index (χ1n) is 6.72. The molecule has 0 atom stereocenters. The molecule has 1 aliphatic carbocycles. The van der Waals surface area contributed by atoms with Gasteiger partial charge in [0.2, 0.25) is 0 Å². The van der Waals surface area contributed by atoms with Crippen LogP contribution in [0.2, 0.25) is 5.02 Å². The van der Waals surface area contributed by atoms with Crippen LogP contribution in [0, 0.1) is 5.41 Å². The highest BCUT2D eigenvalue weighted by molar-refractivity contribution is 6.31. The van der Waals surface area contributed by atoms with E-state index in [1.165, 1.54) is 18.4 Å². The van der Waals surface area contributed by atoms with E-state index in [9.17, 15) is 0 Å². The van der Waals surface area contributed by atoms with Crippen molar-refractivity contribution in [2.24, 2.45) is 5.41 Å². The molecule has 2 fully saturated rings. The Hall–Kier alpha value is -0.570. The molecular weight excluding hydrogens is 246 g/mol. The topological polar surface area (TPSA) is 21.3 Å². The fraction of sp³-hybridized carbons (Fsp3) is 0.600. The summed E-state index contributed by atoms with van der Waals surface area (Å²) in [5.74, 6) is 0.640. The van der Waals surface area contributed by atoms with E-state index >= 15 is 0 Å². The molecule has 1 aromatic rings. The standard InChI is InChI=1S/C15H20ClNO/c1-15(9-18-10-15)8-17-12-6-11(7-12)13-4-2-3-5-14(13)16/h2-5,11-12,17H,6-10H2,1H3. The lowest BCUT2D eigenvalue weighted by atomic mass is 9.75. The average molecular weight is 266 g/mol. The van der Waals surface area contributed by atoms with Gasteiger partial charge in [0.25, 0.3) is 0 Å². The Morgan fingerprint density at radius 3 is 2.67 bits per heavy atom. The van der Waals surface area contributed by atoms with Gasteiger partial charge in [0.15, 0.2) is 0 Å². The van der Waals surface area contributed by atoms with Gasteiger partial charge in [-0.1, -0.05) is 36.7 Å². The molecule has 0 radical (unpaired) electrons. The van der Waals surface area contributed by atoms with Gasteiger partial charge in [-0.15, -0.1) is 0 Å². The molecule has 1 aromatic carbocycles. The summed E-state index contributed by atoms with van der Waals surface area (Å²) in [6.45, 7) is 5.17. The Labute approximate surface area is 114 Å². The van der Waals surface area contributed by atoms with Crippen LogP contribution < -0.4 is 5.32 Å². The van der Waals surface area contributed by atoms with Crippen molar-refractivity contribution < 1.29 is 4.74 Å². The Balaban J connectivity index is 1.47. The van der Waals surface area contributed by atoms with Crippen molar-refractivity contribution >= 4 is 11.6 Å². The third-order valence-corrected chi connectivity index (χ3v) is 4.55. The third kappa shape index (κ3) is 2.42. The van der Waals surface area contributed by atoms with Crippen molar-refractivity contribution in [3.05, 3.63) is 34.9 Å². The van der Waals surface area contributed by atoms with E-state index in [1.807, 2.05) is 12.1 Å². The van der Waals surface area contributed by atoms with E-state index in [4.69, 9.17) is 16.3 Å². The average Bonchev–Trinajstić information content (AvgIpc) is 2.27. The second-order valence-corrected chi connectivity index (χ2v) is 6.48. The zero-order valence-corrected chi connectivity index (χ0v) is 11.5. The van der Waals surface area contributed by atoms with Gasteiger partial charge < -0.3 is 10.1 Å². The lowest BCUT2D eigenvalue weighted by Crippen LogP contribution is -2.51. The van der Waals surface area contributed by atoms with Gasteiger partial charge in [-0.25, -0.2) is 0 Å². The van der Waals surface area contributed by atoms with Crippen molar-refractivity contribution in [1.29, 1.82) is 0 Å². The van der Waals surface area contributed by atoms with Gasteiger partial charge in [0, 0.05) is 23.0 Å². The largest absolute Gasteiger partial charge is 0.380 e. The van der Waals surface area contributed by atoms with Crippen molar-refractivity contribution in [3.63, 3.8) is 0 Å². The molecule has 0 aromatic heterocycles. The van der Waals surface area contributed by atoms with E-state index in [1.54, 1.807) is 0 Å². The molecular formula is C15H20ClNO. The van der Waals surface area contributed by atoms with Crippen LogP contribution >= 0.6 is 11.6 Å². The number of rotatable bonds is 4. The van der Waals surface area contributed by atoms with Gasteiger partial charge in [-0.3, -0.25) is 0 Å². The van der Waals surface area contributed by atoms with Crippen LogP contribution in [0.5, 0.6) is 0 Å². The summed E-state index contributed by atoms with van der Waals surface area (Å²) in [7, 11) is 0. The van der Waals surface area contributed by atoms with E-state index in [2.05, 4.69) is 24.4 Å². The minimum absolute atomic E-state index is 0.371. The maximum atomic E-state index is 6.22. The second-order valence-electron chi connectivity index (χ2n) is 6.07. The molecule has 1 saturated carbocycles. The number of hydrogen-bond donors (Lipinski definition) is 1. The fourth-order valence-electron chi connectivity index (χ4n) is 2.79. The van der Waals surface area contributed by atoms with Gasteiger partial charge in [-0.05, 0) is 30.4 Å². The molecule has 98 valence electrons. The zero-order chi connectivity index (χ0) is 12.6. The summed E-state index contributed by atoms with van der Waals surface area (Å²) in [5.41, 5.74) is 1.69. The van der Waals surface area contributed by atoms with Crippen LogP contribution in [0.4, 0.5) is 0 Å². The van der Waals surface area contributed by atoms with Crippen molar-refractivity contribution in [1.82, 2.24) is 5.32 Å². The molecule has 0 spiro atoms. The van der Waals surface area contributed by atoms with Crippen LogP contribution in [0.3, 0.4) is 0 Å². The lowest BCUT2D eigenvalue weighted by molar-refractivity contribution is -0.101. The van der Waals surface area contributed by atoms with E-state index in [0.29, 0.717) is 17.4 Å². The summed E-state index contributed by atoms with van der Waals surface area (Å²) >= 11 is 6.22. The van der Waals surface area contributed by atoms with Gasteiger partial charge in [0.1, 0.15) is 0 Å². The maximum absolute atomic E-state index is 6.22. The molecule has 0 amide bonds. The number of halogens is 1. The minimum atomic E-state index is 0.371. The minimum Gasteiger partial charge on any atom is -0.380 e. The predicted octanol–water partition coefficient (Wildman–Crippen LogP) is 3.21. The SMILES string of the molecule is CC1(CNC2CC(c3ccccc3Cl)C2)COC1. The maximum Gasteiger partial charge on any atom is 0.0554 e. The molecule has 0 bridgehead atoms. The van der Waals surface area contributed by atoms with Crippen LogP contribution in [0.15, 0.2) is 24.3 Å². The first kappa shape index (κ1) is 12.5. The number of hydrogen-bond acceptors (Lipinski definition) is 2. The molecule has 1 aliphatic heterocycles. The number of nitrogens with one attached hydrogen (secondary N) is 1. The molecule has 2 aliphatic rings. The molecule has 3 heteroatoms. The first-order valence-corrected chi connectivity index (χ1v) is 7.10. The smallest absolute Gasteiger partial charge is 0.0554 e. The molecule has 1 saturated heterocycles. The lowest BCUT2D eigenvalue weighted by Gasteiger charge is -2.43. The Morgan fingerprint density at radius 1 is 1.33 bits per heavy atom. The van der Waals surface area contributed by atoms with Crippen LogP contribution in [-0.2, 0) is 4.74 Å². The van der Waals surface area contributed by atoms with Gasteiger partial charge in [0.05, 0.1) is 13.2 Å². The molecule has 0 unspecified atom stereocenters. The second kappa shape index (κ2) is 4.84. The van der Waals surface area contributed by atoms with Gasteiger partial charge in [-0.2, -0.15) is 0 Å². The third-order valence-electron chi connectivity index (χ3n) is 4.20. The van der Waals surface area contributed by atoms with Gasteiger partial charge >= 0.3 is 0 Å². The molecule has 18 heavy (non-hydrogen) atoms. The van der Waals surface area contributed by atoms with E-state index < -0.39 is 0 Å². The molecule has 1 heterocycles. The summed E-state index contributed by atoms with van der Waals surface area (Å²) in [4.78, 5) is 0.